The number of benzene rings is 1. The van der Waals surface area contributed by atoms with Crippen LogP contribution in [0, 0.1) is 11.7 Å². The van der Waals surface area contributed by atoms with E-state index in [-0.39, 0.29) is 11.4 Å². The van der Waals surface area contributed by atoms with Gasteiger partial charge in [-0.1, -0.05) is 0 Å². The van der Waals surface area contributed by atoms with Gasteiger partial charge in [0.2, 0.25) is 0 Å². The number of hydrogen-bond donors (Lipinski definition) is 0. The van der Waals surface area contributed by atoms with Gasteiger partial charge in [-0.15, -0.1) is 11.6 Å². The maximum atomic E-state index is 13.5. The Balaban J connectivity index is 2.23. The van der Waals surface area contributed by atoms with Crippen molar-refractivity contribution in [2.75, 3.05) is 5.88 Å². The van der Waals surface area contributed by atoms with E-state index < -0.39 is 0 Å². The van der Waals surface area contributed by atoms with Gasteiger partial charge in [-0.05, 0) is 50.8 Å². The molecule has 1 aromatic heterocycles. The third-order valence-electron chi connectivity index (χ3n) is 4.16. The van der Waals surface area contributed by atoms with Crippen LogP contribution in [0.3, 0.4) is 0 Å². The molecule has 2 nitrogen and oxygen atoms in total. The number of alkyl halides is 1. The van der Waals surface area contributed by atoms with Crippen molar-refractivity contribution in [2.24, 2.45) is 5.92 Å². The van der Waals surface area contributed by atoms with E-state index in [1.165, 1.54) is 18.9 Å². The smallest absolute Gasteiger partial charge is 0.125 e. The summed E-state index contributed by atoms with van der Waals surface area (Å²) in [6.07, 6.45) is 3.19. The first kappa shape index (κ1) is 12.9. The lowest BCUT2D eigenvalue weighted by atomic mass is 9.97. The van der Waals surface area contributed by atoms with Crippen LogP contribution >= 0.6 is 11.6 Å². The van der Waals surface area contributed by atoms with Gasteiger partial charge in [0, 0.05) is 17.8 Å². The molecule has 1 aliphatic carbocycles. The quantitative estimate of drug-likeness (QED) is 0.771. The molecule has 0 N–H and O–H groups in total. The van der Waals surface area contributed by atoms with Crippen LogP contribution in [0.4, 0.5) is 4.39 Å². The molecule has 102 valence electrons. The lowest BCUT2D eigenvalue weighted by Crippen LogP contribution is -2.30. The molecule has 0 aliphatic heterocycles. The van der Waals surface area contributed by atoms with Crippen molar-refractivity contribution >= 4 is 22.6 Å². The normalized spacial score (nSPS) is 16.2. The summed E-state index contributed by atoms with van der Waals surface area (Å²) in [5.74, 6) is 1.94. The molecule has 1 aliphatic rings. The number of hydrogen-bond acceptors (Lipinski definition) is 1. The van der Waals surface area contributed by atoms with Crippen molar-refractivity contribution in [3.63, 3.8) is 0 Å². The Morgan fingerprint density at radius 2 is 2.16 bits per heavy atom. The third kappa shape index (κ3) is 2.14. The Morgan fingerprint density at radius 3 is 2.79 bits per heavy atom. The molecule has 0 radical (unpaired) electrons. The zero-order valence-corrected chi connectivity index (χ0v) is 12.0. The summed E-state index contributed by atoms with van der Waals surface area (Å²) in [6.45, 7) is 4.43. The topological polar surface area (TPSA) is 17.8 Å². The Kier molecular flexibility index (Phi) is 3.05. The summed E-state index contributed by atoms with van der Waals surface area (Å²) in [7, 11) is 0. The van der Waals surface area contributed by atoms with Crippen LogP contribution in [0.5, 0.6) is 0 Å². The first-order chi connectivity index (χ1) is 9.04. The second-order valence-electron chi connectivity index (χ2n) is 5.86. The van der Waals surface area contributed by atoms with Crippen LogP contribution in [0.25, 0.3) is 11.0 Å². The van der Waals surface area contributed by atoms with Gasteiger partial charge in [0.05, 0.1) is 11.0 Å². The highest BCUT2D eigenvalue weighted by atomic mass is 35.5. The van der Waals surface area contributed by atoms with Crippen molar-refractivity contribution in [1.29, 1.82) is 0 Å². The van der Waals surface area contributed by atoms with Gasteiger partial charge < -0.3 is 4.57 Å². The molecule has 3 rings (SSSR count). The minimum absolute atomic E-state index is 0.0239. The lowest BCUT2D eigenvalue weighted by Gasteiger charge is -2.29. The van der Waals surface area contributed by atoms with E-state index in [0.29, 0.717) is 18.2 Å². The number of rotatable bonds is 4. The Morgan fingerprint density at radius 1 is 1.42 bits per heavy atom. The molecule has 1 saturated carbocycles. The van der Waals surface area contributed by atoms with Crippen LogP contribution in [-0.4, -0.2) is 15.4 Å². The van der Waals surface area contributed by atoms with E-state index in [4.69, 9.17) is 11.6 Å². The van der Waals surface area contributed by atoms with E-state index in [1.807, 2.05) is 0 Å². The number of nitrogens with zero attached hydrogens (tertiary/aromatic N) is 2. The minimum atomic E-state index is -0.210. The molecule has 0 atom stereocenters. The van der Waals surface area contributed by atoms with Crippen LogP contribution < -0.4 is 0 Å². The van der Waals surface area contributed by atoms with Crippen molar-refractivity contribution in [1.82, 2.24) is 9.55 Å². The molecule has 1 aromatic carbocycles. The average Bonchev–Trinajstić information content (AvgIpc) is 3.13. The number of halogens is 2. The molecular weight excluding hydrogens is 263 g/mol. The Hall–Kier alpha value is -1.09. The molecule has 0 spiro atoms. The van der Waals surface area contributed by atoms with Crippen molar-refractivity contribution < 1.29 is 4.39 Å². The molecule has 4 heteroatoms. The lowest BCUT2D eigenvalue weighted by molar-refractivity contribution is 0.304. The molecular formula is C15H18ClFN2. The van der Waals surface area contributed by atoms with Crippen LogP contribution in [0.2, 0.25) is 0 Å². The number of aromatic nitrogens is 2. The maximum Gasteiger partial charge on any atom is 0.125 e. The van der Waals surface area contributed by atoms with Gasteiger partial charge in [0.25, 0.3) is 0 Å². The summed E-state index contributed by atoms with van der Waals surface area (Å²) in [5.41, 5.74) is 1.72. The monoisotopic (exact) mass is 280 g/mol. The van der Waals surface area contributed by atoms with Crippen molar-refractivity contribution in [3.05, 3.63) is 29.8 Å². The van der Waals surface area contributed by atoms with E-state index in [0.717, 1.165) is 16.9 Å². The third-order valence-corrected chi connectivity index (χ3v) is 4.35. The van der Waals surface area contributed by atoms with Crippen molar-refractivity contribution in [3.8, 4) is 0 Å². The molecule has 2 aromatic rings. The highest BCUT2D eigenvalue weighted by molar-refractivity contribution is 6.17. The standard InChI is InChI=1S/C15H18ClFN2/c1-15(2,10-3-4-10)19-13-9-11(17)5-6-12(13)18-14(19)7-8-16/h5-6,9-10H,3-4,7-8H2,1-2H3. The molecule has 0 bridgehead atoms. The summed E-state index contributed by atoms with van der Waals surface area (Å²) >= 11 is 5.88. The van der Waals surface area contributed by atoms with Gasteiger partial charge in [-0.2, -0.15) is 0 Å². The predicted octanol–water partition coefficient (Wildman–Crippen LogP) is 4.10. The molecule has 1 fully saturated rings. The number of imidazole rings is 1. The number of aryl methyl sites for hydroxylation is 1. The van der Waals surface area contributed by atoms with Gasteiger partial charge >= 0.3 is 0 Å². The van der Waals surface area contributed by atoms with E-state index in [1.54, 1.807) is 12.1 Å². The van der Waals surface area contributed by atoms with E-state index in [2.05, 4.69) is 23.4 Å². The summed E-state index contributed by atoms with van der Waals surface area (Å²) in [6, 6.07) is 4.81. The summed E-state index contributed by atoms with van der Waals surface area (Å²) < 4.78 is 15.7. The van der Waals surface area contributed by atoms with Crippen LogP contribution in [0.1, 0.15) is 32.5 Å². The van der Waals surface area contributed by atoms with Crippen molar-refractivity contribution in [2.45, 2.75) is 38.6 Å². The summed E-state index contributed by atoms with van der Waals surface area (Å²) in [5, 5.41) is 0. The van der Waals surface area contributed by atoms with Crippen LogP contribution in [0.15, 0.2) is 18.2 Å². The highest BCUT2D eigenvalue weighted by Crippen LogP contribution is 2.45. The van der Waals surface area contributed by atoms with Gasteiger partial charge in [0.1, 0.15) is 11.6 Å². The Labute approximate surface area is 117 Å². The molecule has 0 saturated heterocycles. The first-order valence-electron chi connectivity index (χ1n) is 6.77. The predicted molar refractivity (Wildman–Crippen MR) is 76.2 cm³/mol. The zero-order chi connectivity index (χ0) is 13.6. The zero-order valence-electron chi connectivity index (χ0n) is 11.3. The highest BCUT2D eigenvalue weighted by Gasteiger charge is 2.41. The molecule has 0 unspecified atom stereocenters. The number of fused-ring (bicyclic) bond motifs is 1. The van der Waals surface area contributed by atoms with Gasteiger partial charge in [-0.25, -0.2) is 9.37 Å². The molecule has 0 amide bonds. The van der Waals surface area contributed by atoms with Crippen LogP contribution in [-0.2, 0) is 12.0 Å². The summed E-state index contributed by atoms with van der Waals surface area (Å²) in [4.78, 5) is 4.63. The average molecular weight is 281 g/mol. The van der Waals surface area contributed by atoms with Gasteiger partial charge in [0.15, 0.2) is 0 Å². The fourth-order valence-electron chi connectivity index (χ4n) is 2.97. The maximum absolute atomic E-state index is 13.5. The van der Waals surface area contributed by atoms with E-state index in [9.17, 15) is 4.39 Å². The fourth-order valence-corrected chi connectivity index (χ4v) is 3.13. The SMILES string of the molecule is CC(C)(C1CC1)n1c(CCCl)nc2ccc(F)cc21. The first-order valence-corrected chi connectivity index (χ1v) is 7.31. The Bertz CT molecular complexity index is 614. The largest absolute Gasteiger partial charge is 0.322 e. The molecule has 1 heterocycles. The van der Waals surface area contributed by atoms with Gasteiger partial charge in [-0.3, -0.25) is 0 Å². The van der Waals surface area contributed by atoms with E-state index >= 15 is 0 Å². The molecule has 19 heavy (non-hydrogen) atoms. The fraction of sp³-hybridized carbons (Fsp3) is 0.533. The minimum Gasteiger partial charge on any atom is -0.322 e. The second kappa shape index (κ2) is 4.48. The second-order valence-corrected chi connectivity index (χ2v) is 6.24.